The smallest absolute Gasteiger partial charge is 0.267 e. The van der Waals surface area contributed by atoms with Gasteiger partial charge in [-0.05, 0) is 62.5 Å². The first-order valence-electron chi connectivity index (χ1n) is 10.5. The zero-order valence-corrected chi connectivity index (χ0v) is 18.4. The van der Waals surface area contributed by atoms with Crippen LogP contribution in [0.15, 0.2) is 54.6 Å². The van der Waals surface area contributed by atoms with E-state index in [0.29, 0.717) is 41.8 Å². The van der Waals surface area contributed by atoms with Crippen LogP contribution in [-0.2, 0) is 4.79 Å². The minimum absolute atomic E-state index is 0.0182. The van der Waals surface area contributed by atoms with E-state index >= 15 is 0 Å². The van der Waals surface area contributed by atoms with Crippen LogP contribution in [0.3, 0.4) is 0 Å². The van der Waals surface area contributed by atoms with Crippen LogP contribution in [0.5, 0.6) is 11.5 Å². The van der Waals surface area contributed by atoms with Gasteiger partial charge < -0.3 is 20.3 Å². The Morgan fingerprint density at radius 1 is 1.03 bits per heavy atom. The quantitative estimate of drug-likeness (QED) is 0.617. The minimum atomic E-state index is -0.676. The largest absolute Gasteiger partial charge is 0.457 e. The minimum Gasteiger partial charge on any atom is -0.457 e. The van der Waals surface area contributed by atoms with Crippen molar-refractivity contribution < 1.29 is 18.7 Å². The number of anilines is 1. The summed E-state index contributed by atoms with van der Waals surface area (Å²) in [7, 11) is 1.96. The van der Waals surface area contributed by atoms with E-state index in [1.54, 1.807) is 31.2 Å². The number of ketones is 1. The van der Waals surface area contributed by atoms with Crippen LogP contribution in [0, 0.1) is 5.82 Å². The lowest BCUT2D eigenvalue weighted by Crippen LogP contribution is -2.55. The van der Waals surface area contributed by atoms with Crippen molar-refractivity contribution in [3.63, 3.8) is 0 Å². The molecule has 170 valence electrons. The second-order valence-electron chi connectivity index (χ2n) is 7.96. The highest BCUT2D eigenvalue weighted by Crippen LogP contribution is 2.27. The van der Waals surface area contributed by atoms with Crippen LogP contribution < -0.4 is 15.4 Å². The third-order valence-electron chi connectivity index (χ3n) is 5.47. The third-order valence-corrected chi connectivity index (χ3v) is 5.47. The van der Waals surface area contributed by atoms with Gasteiger partial charge in [0, 0.05) is 31.3 Å². The summed E-state index contributed by atoms with van der Waals surface area (Å²) in [6.07, 6.45) is 0. The fourth-order valence-corrected chi connectivity index (χ4v) is 3.69. The number of primary amides is 1. The van der Waals surface area contributed by atoms with Gasteiger partial charge in [-0.15, -0.1) is 0 Å². The molecule has 0 aliphatic carbocycles. The van der Waals surface area contributed by atoms with Crippen molar-refractivity contribution in [1.29, 1.82) is 0 Å². The van der Waals surface area contributed by atoms with E-state index in [0.717, 1.165) is 6.54 Å². The number of hydrogen-bond donors (Lipinski definition) is 1. The Kier molecular flexibility index (Phi) is 6.32. The number of carbonyl (C=O) groups excluding carboxylic acids is 2. The Balaban J connectivity index is 1.64. The van der Waals surface area contributed by atoms with Crippen LogP contribution in [0.25, 0.3) is 11.4 Å². The standard InChI is InChI=1S/C24H24FN5O3/c1-15(31)21-14-29(2)11-12-30(21)22-13-20(23(26)32)27-24(28-22)16-3-7-18(8-4-16)33-19-9-5-17(25)6-10-19/h3-10,13,21H,11-12,14H2,1-2H3,(H2,26,32). The van der Waals surface area contributed by atoms with Crippen LogP contribution in [-0.4, -0.2) is 59.3 Å². The number of Topliss-reactive ketones (excluding diaryl/α,β-unsaturated/α-hetero) is 1. The number of halogens is 1. The number of nitrogens with two attached hydrogens (primary N) is 1. The summed E-state index contributed by atoms with van der Waals surface area (Å²) in [5.41, 5.74) is 6.25. The average molecular weight is 449 g/mol. The molecule has 1 amide bonds. The molecule has 4 rings (SSSR count). The first-order valence-corrected chi connectivity index (χ1v) is 10.5. The molecule has 3 aromatic rings. The lowest BCUT2D eigenvalue weighted by Gasteiger charge is -2.39. The summed E-state index contributed by atoms with van der Waals surface area (Å²) < 4.78 is 18.8. The summed E-state index contributed by atoms with van der Waals surface area (Å²) in [6.45, 7) is 3.45. The van der Waals surface area contributed by atoms with Crippen molar-refractivity contribution in [3.8, 4) is 22.9 Å². The van der Waals surface area contributed by atoms with Crippen molar-refractivity contribution in [2.75, 3.05) is 31.6 Å². The monoisotopic (exact) mass is 449 g/mol. The van der Waals surface area contributed by atoms with Crippen LogP contribution in [0.4, 0.5) is 10.2 Å². The zero-order chi connectivity index (χ0) is 23.5. The fourth-order valence-electron chi connectivity index (χ4n) is 3.69. The topological polar surface area (TPSA) is 102 Å². The number of amides is 1. The van der Waals surface area contributed by atoms with Gasteiger partial charge in [0.1, 0.15) is 34.9 Å². The SMILES string of the molecule is CC(=O)C1CN(C)CCN1c1cc(C(N)=O)nc(-c2ccc(Oc3ccc(F)cc3)cc2)n1. The number of hydrogen-bond acceptors (Lipinski definition) is 7. The predicted molar refractivity (Wildman–Crippen MR) is 122 cm³/mol. The summed E-state index contributed by atoms with van der Waals surface area (Å²) >= 11 is 0. The van der Waals surface area contributed by atoms with E-state index in [2.05, 4.69) is 14.9 Å². The molecule has 1 aromatic heterocycles. The highest BCUT2D eigenvalue weighted by atomic mass is 19.1. The van der Waals surface area contributed by atoms with E-state index < -0.39 is 5.91 Å². The molecule has 1 atom stereocenters. The molecular formula is C24H24FN5O3. The number of piperazine rings is 1. The van der Waals surface area contributed by atoms with Gasteiger partial charge in [-0.1, -0.05) is 0 Å². The second-order valence-corrected chi connectivity index (χ2v) is 7.96. The maximum absolute atomic E-state index is 13.1. The van der Waals surface area contributed by atoms with Gasteiger partial charge in [-0.2, -0.15) is 0 Å². The molecule has 0 radical (unpaired) electrons. The molecule has 0 saturated carbocycles. The normalized spacial score (nSPS) is 16.5. The Morgan fingerprint density at radius 2 is 1.67 bits per heavy atom. The molecule has 33 heavy (non-hydrogen) atoms. The molecule has 8 nitrogen and oxygen atoms in total. The fraction of sp³-hybridized carbons (Fsp3) is 0.250. The number of carbonyl (C=O) groups is 2. The molecule has 1 aliphatic rings. The molecule has 2 N–H and O–H groups in total. The second kappa shape index (κ2) is 9.33. The molecule has 0 spiro atoms. The van der Waals surface area contributed by atoms with E-state index in [-0.39, 0.29) is 23.3 Å². The Morgan fingerprint density at radius 3 is 2.27 bits per heavy atom. The summed E-state index contributed by atoms with van der Waals surface area (Å²) in [4.78, 5) is 37.2. The summed E-state index contributed by atoms with van der Waals surface area (Å²) in [5, 5.41) is 0. The Hall–Kier alpha value is -3.85. The summed E-state index contributed by atoms with van der Waals surface area (Å²) in [5.74, 6) is 0.849. The highest BCUT2D eigenvalue weighted by Gasteiger charge is 2.30. The Bertz CT molecular complexity index is 1170. The molecule has 1 aliphatic heterocycles. The van der Waals surface area contributed by atoms with E-state index in [9.17, 15) is 14.0 Å². The maximum Gasteiger partial charge on any atom is 0.267 e. The number of benzene rings is 2. The molecular weight excluding hydrogens is 425 g/mol. The number of rotatable bonds is 6. The van der Waals surface area contributed by atoms with Crippen molar-refractivity contribution in [1.82, 2.24) is 14.9 Å². The number of likely N-dealkylation sites (N-methyl/N-ethyl adjacent to an activating group) is 1. The van der Waals surface area contributed by atoms with Crippen LogP contribution >= 0.6 is 0 Å². The molecule has 0 bridgehead atoms. The van der Waals surface area contributed by atoms with Crippen molar-refractivity contribution in [3.05, 3.63) is 66.1 Å². The van der Waals surface area contributed by atoms with E-state index in [4.69, 9.17) is 10.5 Å². The lowest BCUT2D eigenvalue weighted by molar-refractivity contribution is -0.119. The van der Waals surface area contributed by atoms with Gasteiger partial charge in [-0.3, -0.25) is 9.59 Å². The number of aromatic nitrogens is 2. The molecule has 1 unspecified atom stereocenters. The predicted octanol–water partition coefficient (Wildman–Crippen LogP) is 2.88. The average Bonchev–Trinajstić information content (AvgIpc) is 2.80. The highest BCUT2D eigenvalue weighted by molar-refractivity contribution is 5.92. The van der Waals surface area contributed by atoms with Crippen molar-refractivity contribution in [2.24, 2.45) is 5.73 Å². The van der Waals surface area contributed by atoms with Crippen molar-refractivity contribution >= 4 is 17.5 Å². The first kappa shape index (κ1) is 22.3. The molecule has 1 saturated heterocycles. The molecule has 2 heterocycles. The Labute approximate surface area is 190 Å². The van der Waals surface area contributed by atoms with Gasteiger partial charge in [0.25, 0.3) is 5.91 Å². The van der Waals surface area contributed by atoms with Gasteiger partial charge in [0.2, 0.25) is 0 Å². The van der Waals surface area contributed by atoms with Crippen LogP contribution in [0.1, 0.15) is 17.4 Å². The van der Waals surface area contributed by atoms with E-state index in [1.807, 2.05) is 11.9 Å². The molecule has 2 aromatic carbocycles. The third kappa shape index (κ3) is 5.15. The molecule has 1 fully saturated rings. The van der Waals surface area contributed by atoms with Crippen LogP contribution in [0.2, 0.25) is 0 Å². The van der Waals surface area contributed by atoms with E-state index in [1.165, 1.54) is 30.3 Å². The van der Waals surface area contributed by atoms with Gasteiger partial charge >= 0.3 is 0 Å². The van der Waals surface area contributed by atoms with Gasteiger partial charge in [0.05, 0.1) is 0 Å². The van der Waals surface area contributed by atoms with Gasteiger partial charge in [-0.25, -0.2) is 14.4 Å². The maximum atomic E-state index is 13.1. The zero-order valence-electron chi connectivity index (χ0n) is 18.4. The number of nitrogens with zero attached hydrogens (tertiary/aromatic N) is 4. The first-order chi connectivity index (χ1) is 15.8. The summed E-state index contributed by atoms with van der Waals surface area (Å²) in [6, 6.07) is 13.8. The molecule has 9 heteroatoms. The lowest BCUT2D eigenvalue weighted by atomic mass is 10.1. The number of ether oxygens (including phenoxy) is 1. The van der Waals surface area contributed by atoms with Crippen molar-refractivity contribution in [2.45, 2.75) is 13.0 Å². The van der Waals surface area contributed by atoms with Gasteiger partial charge in [0.15, 0.2) is 11.6 Å².